The van der Waals surface area contributed by atoms with Crippen molar-refractivity contribution in [3.05, 3.63) is 49.1 Å². The van der Waals surface area contributed by atoms with E-state index in [9.17, 15) is 48.1 Å². The van der Waals surface area contributed by atoms with E-state index in [1.807, 2.05) is 4.98 Å². The summed E-state index contributed by atoms with van der Waals surface area (Å²) >= 11 is 0. The van der Waals surface area contributed by atoms with Gasteiger partial charge in [0.2, 0.25) is 5.91 Å². The first-order valence-corrected chi connectivity index (χ1v) is 19.4. The average Bonchev–Trinajstić information content (AvgIpc) is 3.31. The zero-order chi connectivity index (χ0) is 38.8. The number of nitrogens with zero attached hydrogens (tertiary/aromatic N) is 4. The van der Waals surface area contributed by atoms with Gasteiger partial charge in [-0.05, 0) is 5.53 Å². The summed E-state index contributed by atoms with van der Waals surface area (Å²) in [6.45, 7) is 1.39. The first kappa shape index (κ1) is 45.5. The van der Waals surface area contributed by atoms with Crippen molar-refractivity contribution in [3.8, 4) is 0 Å². The van der Waals surface area contributed by atoms with Gasteiger partial charge in [0.25, 0.3) is 5.56 Å². The van der Waals surface area contributed by atoms with Gasteiger partial charge in [-0.1, -0.05) is 17.3 Å². The summed E-state index contributed by atoms with van der Waals surface area (Å²) in [5, 5.41) is 26.7. The molecule has 2 unspecified atom stereocenters. The van der Waals surface area contributed by atoms with Crippen molar-refractivity contribution >= 4 is 35.5 Å². The Morgan fingerprint density at radius 3 is 2.13 bits per heavy atom. The predicted molar refractivity (Wildman–Crippen MR) is 171 cm³/mol. The van der Waals surface area contributed by atoms with Crippen LogP contribution in [0.15, 0.2) is 27.0 Å². The van der Waals surface area contributed by atoms with E-state index in [-0.39, 0.29) is 50.8 Å². The number of ether oxygens (including phenoxy) is 5. The highest BCUT2D eigenvalue weighted by molar-refractivity contribution is 7.66. The molecule has 0 radical (unpaired) electrons. The molecule has 1 aromatic rings. The SMILES string of the molecule is [N-]=[N+]=NCCOCCOCCOCCOCCC(=O)NC/C=C/c1cn([C@@H]2O[C@H](COP(=O)(O)OP(=O)(O)OP(=O)(O)O)[C@@H](O)[C@H]2O)c(=O)[nH]c1=O. The number of carbonyl (C=O) groups is 1. The number of aromatic nitrogens is 2. The van der Waals surface area contributed by atoms with Crippen LogP contribution in [-0.2, 0) is 55.3 Å². The zero-order valence-electron chi connectivity index (χ0n) is 27.1. The molecule has 0 bridgehead atoms. The maximum absolute atomic E-state index is 12.5. The number of azide groups is 1. The van der Waals surface area contributed by atoms with Crippen LogP contribution in [0.1, 0.15) is 18.2 Å². The van der Waals surface area contributed by atoms with E-state index in [1.165, 1.54) is 12.2 Å². The van der Waals surface area contributed by atoms with E-state index in [2.05, 4.69) is 28.5 Å². The van der Waals surface area contributed by atoms with Gasteiger partial charge in [-0.2, -0.15) is 8.62 Å². The van der Waals surface area contributed by atoms with Crippen molar-refractivity contribution in [2.45, 2.75) is 31.0 Å². The number of amides is 1. The minimum Gasteiger partial charge on any atom is -0.387 e. The minimum atomic E-state index is -5.82. The molecule has 1 aliphatic rings. The molecule has 1 aliphatic heterocycles. The third-order valence-electron chi connectivity index (χ3n) is 6.13. The van der Waals surface area contributed by atoms with E-state index < -0.39 is 65.9 Å². The molecule has 26 nitrogen and oxygen atoms in total. The van der Waals surface area contributed by atoms with Gasteiger partial charge in [0.15, 0.2) is 6.23 Å². The smallest absolute Gasteiger partial charge is 0.387 e. The minimum absolute atomic E-state index is 0.0184. The monoisotopic (exact) mass is 812 g/mol. The molecule has 6 atom stereocenters. The molecule has 52 heavy (non-hydrogen) atoms. The molecule has 1 fully saturated rings. The number of H-pyrrole nitrogens is 1. The lowest BCUT2D eigenvalue weighted by Gasteiger charge is -2.19. The Balaban J connectivity index is 1.75. The van der Waals surface area contributed by atoms with Crippen LogP contribution in [0, 0.1) is 0 Å². The first-order chi connectivity index (χ1) is 24.4. The lowest BCUT2D eigenvalue weighted by atomic mass is 10.1. The highest BCUT2D eigenvalue weighted by atomic mass is 31.3. The third kappa shape index (κ3) is 17.9. The highest BCUT2D eigenvalue weighted by Crippen LogP contribution is 2.66. The Bertz CT molecular complexity index is 1630. The Morgan fingerprint density at radius 2 is 1.54 bits per heavy atom. The number of phosphoric ester groups is 1. The lowest BCUT2D eigenvalue weighted by molar-refractivity contribution is -0.122. The Morgan fingerprint density at radius 1 is 0.942 bits per heavy atom. The van der Waals surface area contributed by atoms with Crippen molar-refractivity contribution in [3.63, 3.8) is 0 Å². The van der Waals surface area contributed by atoms with Crippen LogP contribution >= 0.6 is 23.5 Å². The fourth-order valence-electron chi connectivity index (χ4n) is 3.90. The second-order valence-electron chi connectivity index (χ2n) is 10.0. The summed E-state index contributed by atoms with van der Waals surface area (Å²) < 4.78 is 72.9. The van der Waals surface area contributed by atoms with E-state index in [1.54, 1.807) is 0 Å². The van der Waals surface area contributed by atoms with Crippen LogP contribution in [0.5, 0.6) is 0 Å². The number of rotatable bonds is 26. The van der Waals surface area contributed by atoms with Crippen LogP contribution < -0.4 is 16.6 Å². The van der Waals surface area contributed by atoms with Gasteiger partial charge in [0.1, 0.15) is 18.3 Å². The second-order valence-corrected chi connectivity index (χ2v) is 14.5. The molecule has 29 heteroatoms. The average molecular weight is 813 g/mol. The Kier molecular flexibility index (Phi) is 19.7. The molecular weight excluding hydrogens is 773 g/mol. The summed E-state index contributed by atoms with van der Waals surface area (Å²) in [4.78, 5) is 77.5. The number of phosphoric acid groups is 3. The maximum atomic E-state index is 12.5. The maximum Gasteiger partial charge on any atom is 0.490 e. The number of aromatic amines is 1. The molecule has 0 spiro atoms. The summed E-state index contributed by atoms with van der Waals surface area (Å²) in [6.07, 6.45) is -3.60. The predicted octanol–water partition coefficient (Wildman–Crippen LogP) is -1.60. The molecular formula is C23H39N6O20P3. The van der Waals surface area contributed by atoms with Crippen molar-refractivity contribution in [1.82, 2.24) is 14.9 Å². The highest BCUT2D eigenvalue weighted by Gasteiger charge is 2.46. The van der Waals surface area contributed by atoms with Crippen molar-refractivity contribution < 1.29 is 85.1 Å². The molecule has 8 N–H and O–H groups in total. The van der Waals surface area contributed by atoms with Gasteiger partial charge in [-0.25, -0.2) is 18.5 Å². The lowest BCUT2D eigenvalue weighted by Crippen LogP contribution is -2.38. The quantitative estimate of drug-likeness (QED) is 0.0172. The van der Waals surface area contributed by atoms with Crippen LogP contribution in [-0.4, -0.2) is 136 Å². The molecule has 2 heterocycles. The topological polar surface area (TPSA) is 379 Å². The summed E-state index contributed by atoms with van der Waals surface area (Å²) in [7, 11) is -17.1. The summed E-state index contributed by atoms with van der Waals surface area (Å²) in [5.74, 6) is -0.377. The van der Waals surface area contributed by atoms with Crippen LogP contribution in [0.25, 0.3) is 16.5 Å². The van der Waals surface area contributed by atoms with Gasteiger partial charge in [0, 0.05) is 30.6 Å². The molecule has 0 saturated carbocycles. The van der Waals surface area contributed by atoms with Gasteiger partial charge in [0.05, 0.1) is 65.0 Å². The first-order valence-electron chi connectivity index (χ1n) is 14.8. The fourth-order valence-corrected chi connectivity index (χ4v) is 6.93. The number of carbonyl (C=O) groups excluding carboxylic acids is 1. The summed E-state index contributed by atoms with van der Waals surface area (Å²) in [5.41, 5.74) is 6.03. The van der Waals surface area contributed by atoms with Gasteiger partial charge < -0.3 is 58.8 Å². The van der Waals surface area contributed by atoms with E-state index in [0.29, 0.717) is 37.6 Å². The van der Waals surface area contributed by atoms with Crippen molar-refractivity contribution in [2.24, 2.45) is 5.11 Å². The molecule has 0 aliphatic carbocycles. The Labute approximate surface area is 293 Å². The third-order valence-corrected chi connectivity index (χ3v) is 9.93. The molecule has 1 saturated heterocycles. The second kappa shape index (κ2) is 22.5. The number of aliphatic hydroxyl groups excluding tert-OH is 2. The summed E-state index contributed by atoms with van der Waals surface area (Å²) in [6, 6.07) is 0. The van der Waals surface area contributed by atoms with Gasteiger partial charge >= 0.3 is 29.2 Å². The zero-order valence-corrected chi connectivity index (χ0v) is 29.7. The molecule has 296 valence electrons. The van der Waals surface area contributed by atoms with E-state index in [4.69, 9.17) is 39.0 Å². The van der Waals surface area contributed by atoms with Crippen molar-refractivity contribution in [1.29, 1.82) is 0 Å². The number of aliphatic hydroxyl groups is 2. The standard InChI is InChI=1S/C23H39N6O20P3/c24-28-26-5-7-43-9-11-45-13-12-44-10-8-42-6-3-18(30)25-4-1-2-16-14-29(23(34)27-21(16)33)22-20(32)19(31)17(47-22)15-46-51(38,39)49-52(40,41)48-50(35,36)37/h1-2,14,17,19-20,22,31-32H,3-13,15H2,(H,25,30)(H,38,39)(H,40,41)(H,27,33,34)(H2,35,36,37)/b2-1+/t17-,19-,20-,22-/m1/s1. The molecule has 2 rings (SSSR count). The Hall–Kier alpha value is -2.67. The number of hydrogen-bond donors (Lipinski definition) is 8. The molecule has 1 aromatic heterocycles. The van der Waals surface area contributed by atoms with E-state index >= 15 is 0 Å². The number of nitrogens with one attached hydrogen (secondary N) is 2. The van der Waals surface area contributed by atoms with Crippen LogP contribution in [0.4, 0.5) is 0 Å². The van der Waals surface area contributed by atoms with Gasteiger partial charge in [-0.3, -0.25) is 23.7 Å². The normalized spacial score (nSPS) is 21.4. The van der Waals surface area contributed by atoms with Gasteiger partial charge in [-0.15, -0.1) is 0 Å². The van der Waals surface area contributed by atoms with Crippen LogP contribution in [0.3, 0.4) is 0 Å². The molecule has 1 amide bonds. The largest absolute Gasteiger partial charge is 0.490 e. The fraction of sp³-hybridized carbons (Fsp3) is 0.696. The van der Waals surface area contributed by atoms with Crippen LogP contribution in [0.2, 0.25) is 0 Å². The van der Waals surface area contributed by atoms with Crippen molar-refractivity contribution in [2.75, 3.05) is 72.6 Å². The number of hydrogen-bond acceptors (Lipinski definition) is 17. The van der Waals surface area contributed by atoms with E-state index in [0.717, 1.165) is 6.20 Å². The molecule has 0 aromatic carbocycles.